The van der Waals surface area contributed by atoms with Crippen LogP contribution in [0.3, 0.4) is 0 Å². The molecule has 0 aliphatic rings. The fourth-order valence-electron chi connectivity index (χ4n) is 2.25. The fourth-order valence-corrected chi connectivity index (χ4v) is 2.25. The Morgan fingerprint density at radius 1 is 1.04 bits per heavy atom. The molecule has 23 heavy (non-hydrogen) atoms. The van der Waals surface area contributed by atoms with Crippen LogP contribution < -0.4 is 29.6 Å². The van der Waals surface area contributed by atoms with Crippen LogP contribution in [-0.4, -0.2) is 34.6 Å². The van der Waals surface area contributed by atoms with Gasteiger partial charge in [0, 0.05) is 11.6 Å². The Balaban J connectivity index is 0.00000144. The van der Waals surface area contributed by atoms with Gasteiger partial charge in [-0.2, -0.15) is 10.2 Å². The zero-order chi connectivity index (χ0) is 15.6. The monoisotopic (exact) mass is 330 g/mol. The maximum absolute atomic E-state index is 14.1. The predicted octanol–water partition coefficient (Wildman–Crippen LogP) is -2.15. The number of nitrogens with zero attached hydrogens (tertiary/aromatic N) is 6. The molecule has 1 N–H and O–H groups in total. The molecule has 0 saturated carbocycles. The molecule has 0 atom stereocenters. The molecule has 0 radical (unpaired) electrons. The molecular formula is C13H13F2N6NaO. The summed E-state index contributed by atoms with van der Waals surface area (Å²) in [6.07, 6.45) is 5.40. The minimum absolute atomic E-state index is 0. The van der Waals surface area contributed by atoms with Gasteiger partial charge in [-0.25, -0.2) is 28.1 Å². The summed E-state index contributed by atoms with van der Waals surface area (Å²) in [6.45, 7) is -0.148. The van der Waals surface area contributed by atoms with Gasteiger partial charge < -0.3 is 6.53 Å². The smallest absolute Gasteiger partial charge is 1.00 e. The summed E-state index contributed by atoms with van der Waals surface area (Å²) in [6, 6.07) is 3.02. The van der Waals surface area contributed by atoms with Crippen LogP contribution in [0.4, 0.5) is 8.78 Å². The van der Waals surface area contributed by atoms with Crippen molar-refractivity contribution < 1.29 is 44.9 Å². The summed E-state index contributed by atoms with van der Waals surface area (Å²) in [5, 5.41) is 18.8. The maximum atomic E-state index is 14.1. The molecule has 3 rings (SSSR count). The maximum Gasteiger partial charge on any atom is 1.00 e. The topological polar surface area (TPSA) is 81.6 Å². The number of rotatable bonds is 5. The van der Waals surface area contributed by atoms with Crippen LogP contribution in [0.2, 0.25) is 0 Å². The van der Waals surface area contributed by atoms with Crippen LogP contribution in [0, 0.1) is 11.6 Å². The van der Waals surface area contributed by atoms with E-state index in [-0.39, 0.29) is 49.6 Å². The summed E-state index contributed by atoms with van der Waals surface area (Å²) in [7, 11) is 0. The molecule has 0 fully saturated rings. The van der Waals surface area contributed by atoms with Gasteiger partial charge in [0.25, 0.3) is 0 Å². The third-order valence-corrected chi connectivity index (χ3v) is 3.21. The van der Waals surface area contributed by atoms with Crippen molar-refractivity contribution in [2.24, 2.45) is 0 Å². The van der Waals surface area contributed by atoms with Crippen LogP contribution in [-0.2, 0) is 18.7 Å². The largest absolute Gasteiger partial charge is 1.00 e. The first kappa shape index (κ1) is 17.7. The van der Waals surface area contributed by atoms with Gasteiger partial charge in [0.05, 0.1) is 13.1 Å². The molecule has 10 heteroatoms. The van der Waals surface area contributed by atoms with Gasteiger partial charge in [-0.05, 0) is 6.07 Å². The Labute approximate surface area is 153 Å². The number of aromatic nitrogens is 6. The molecule has 2 heterocycles. The molecule has 0 aliphatic heterocycles. The second kappa shape index (κ2) is 7.26. The molecule has 0 unspecified atom stereocenters. The van der Waals surface area contributed by atoms with E-state index in [0.29, 0.717) is 0 Å². The van der Waals surface area contributed by atoms with Gasteiger partial charge in [0.1, 0.15) is 42.5 Å². The van der Waals surface area contributed by atoms with E-state index < -0.39 is 17.2 Å². The first-order valence-corrected chi connectivity index (χ1v) is 6.39. The van der Waals surface area contributed by atoms with Crippen LogP contribution in [0.1, 0.15) is 6.99 Å². The molecule has 0 saturated heterocycles. The molecule has 2 aromatic heterocycles. The summed E-state index contributed by atoms with van der Waals surface area (Å²) in [5.41, 5.74) is -1.75. The summed E-state index contributed by atoms with van der Waals surface area (Å²) >= 11 is 0. The first-order valence-electron chi connectivity index (χ1n) is 6.39. The number of benzene rings is 1. The molecule has 0 spiro atoms. The third kappa shape index (κ3) is 3.99. The van der Waals surface area contributed by atoms with E-state index in [1.54, 1.807) is 0 Å². The molecule has 0 bridgehead atoms. The van der Waals surface area contributed by atoms with Gasteiger partial charge in [-0.1, -0.05) is 6.07 Å². The SMILES string of the molecule is OC(Cn1cncn1)(Cn1cncn1)c1ccc(F)cc1F.[H-].[Na+]. The van der Waals surface area contributed by atoms with Crippen molar-refractivity contribution in [3.63, 3.8) is 0 Å². The summed E-state index contributed by atoms with van der Waals surface area (Å²) < 4.78 is 29.9. The summed E-state index contributed by atoms with van der Waals surface area (Å²) in [4.78, 5) is 7.57. The van der Waals surface area contributed by atoms with Crippen molar-refractivity contribution in [2.45, 2.75) is 18.7 Å². The zero-order valence-corrected chi connectivity index (χ0v) is 14.3. The molecular weight excluding hydrogens is 317 g/mol. The van der Waals surface area contributed by atoms with Crippen LogP contribution in [0.15, 0.2) is 43.5 Å². The Kier molecular flexibility index (Phi) is 5.58. The van der Waals surface area contributed by atoms with E-state index in [9.17, 15) is 13.9 Å². The van der Waals surface area contributed by atoms with Gasteiger partial charge in [0.15, 0.2) is 0 Å². The van der Waals surface area contributed by atoms with E-state index in [2.05, 4.69) is 20.2 Å². The second-order valence-electron chi connectivity index (χ2n) is 4.84. The van der Waals surface area contributed by atoms with Crippen LogP contribution in [0.5, 0.6) is 0 Å². The standard InChI is InChI=1S/C13H12F2N6O.Na.H/c14-10-1-2-11(12(15)3-10)13(22,4-20-8-16-6-18-20)5-21-9-17-7-19-21;;/h1-3,6-9,22H,4-5H2;;/q;+1;-1. The minimum Gasteiger partial charge on any atom is -1.00 e. The number of halogens is 2. The van der Waals surface area contributed by atoms with E-state index >= 15 is 0 Å². The minimum atomic E-state index is -1.70. The van der Waals surface area contributed by atoms with Crippen molar-refractivity contribution >= 4 is 0 Å². The number of hydrogen-bond donors (Lipinski definition) is 1. The molecule has 7 nitrogen and oxygen atoms in total. The van der Waals surface area contributed by atoms with E-state index in [4.69, 9.17) is 0 Å². The molecule has 0 aliphatic carbocycles. The Morgan fingerprint density at radius 3 is 2.04 bits per heavy atom. The van der Waals surface area contributed by atoms with Gasteiger partial charge in [-0.15, -0.1) is 0 Å². The predicted molar refractivity (Wildman–Crippen MR) is 71.4 cm³/mol. The van der Waals surface area contributed by atoms with E-state index in [1.807, 2.05) is 0 Å². The van der Waals surface area contributed by atoms with Crippen molar-refractivity contribution in [3.8, 4) is 0 Å². The van der Waals surface area contributed by atoms with Crippen molar-refractivity contribution in [1.82, 2.24) is 29.5 Å². The third-order valence-electron chi connectivity index (χ3n) is 3.21. The average Bonchev–Trinajstić information content (AvgIpc) is 3.12. The zero-order valence-electron chi connectivity index (χ0n) is 13.3. The summed E-state index contributed by atoms with van der Waals surface area (Å²) in [5.74, 6) is -1.56. The van der Waals surface area contributed by atoms with Gasteiger partial charge >= 0.3 is 29.6 Å². The molecule has 116 valence electrons. The molecule has 3 aromatic rings. The van der Waals surface area contributed by atoms with Crippen molar-refractivity contribution in [3.05, 3.63) is 60.7 Å². The fraction of sp³-hybridized carbons (Fsp3) is 0.231. The molecule has 1 aromatic carbocycles. The second-order valence-corrected chi connectivity index (χ2v) is 4.84. The quantitative estimate of drug-likeness (QED) is 0.540. The van der Waals surface area contributed by atoms with E-state index in [0.717, 1.165) is 12.1 Å². The van der Waals surface area contributed by atoms with Crippen molar-refractivity contribution in [1.29, 1.82) is 0 Å². The normalized spacial score (nSPS) is 11.3. The number of aliphatic hydroxyl groups is 1. The Morgan fingerprint density at radius 2 is 1.61 bits per heavy atom. The average molecular weight is 330 g/mol. The van der Waals surface area contributed by atoms with Gasteiger partial charge in [0.2, 0.25) is 0 Å². The van der Waals surface area contributed by atoms with Crippen LogP contribution >= 0.6 is 0 Å². The molecule has 0 amide bonds. The van der Waals surface area contributed by atoms with E-state index in [1.165, 1.54) is 40.7 Å². The first-order chi connectivity index (χ1) is 10.6. The van der Waals surface area contributed by atoms with Crippen molar-refractivity contribution in [2.75, 3.05) is 0 Å². The van der Waals surface area contributed by atoms with Crippen LogP contribution in [0.25, 0.3) is 0 Å². The van der Waals surface area contributed by atoms with Gasteiger partial charge in [-0.3, -0.25) is 0 Å². The Hall–Kier alpha value is -1.68. The number of hydrogen-bond acceptors (Lipinski definition) is 5. The Bertz CT molecular complexity index is 720.